The van der Waals surface area contributed by atoms with Crippen LogP contribution in [0, 0.1) is 5.92 Å². The molecule has 0 saturated carbocycles. The Morgan fingerprint density at radius 1 is 1.16 bits per heavy atom. The summed E-state index contributed by atoms with van der Waals surface area (Å²) in [6, 6.07) is 4.19. The Kier molecular flexibility index (Phi) is 5.32. The molecule has 0 aliphatic carbocycles. The van der Waals surface area contributed by atoms with Gasteiger partial charge in [0.05, 0.1) is 41.2 Å². The van der Waals surface area contributed by atoms with Crippen molar-refractivity contribution in [1.29, 1.82) is 0 Å². The molecule has 3 rings (SSSR count). The number of imide groups is 1. The van der Waals surface area contributed by atoms with Gasteiger partial charge in [-0.2, -0.15) is 0 Å². The molecular formula is C17H18Cl2N2O4. The van der Waals surface area contributed by atoms with Crippen LogP contribution in [0.1, 0.15) is 19.3 Å². The van der Waals surface area contributed by atoms with E-state index in [4.69, 9.17) is 27.9 Å². The number of carbonyl (C=O) groups excluding carboxylic acids is 3. The van der Waals surface area contributed by atoms with Crippen LogP contribution in [0.3, 0.4) is 0 Å². The number of nitrogens with zero attached hydrogens (tertiary/aromatic N) is 2. The highest BCUT2D eigenvalue weighted by molar-refractivity contribution is 6.42. The number of benzene rings is 1. The zero-order valence-corrected chi connectivity index (χ0v) is 15.2. The topological polar surface area (TPSA) is 66.9 Å². The molecule has 2 aliphatic heterocycles. The van der Waals surface area contributed by atoms with E-state index in [1.54, 1.807) is 12.1 Å². The van der Waals surface area contributed by atoms with Crippen molar-refractivity contribution in [2.24, 2.45) is 5.92 Å². The average molecular weight is 385 g/mol. The number of amides is 2. The number of methoxy groups -OCH3 is 1. The molecule has 1 atom stereocenters. The minimum atomic E-state index is -0.499. The monoisotopic (exact) mass is 384 g/mol. The summed E-state index contributed by atoms with van der Waals surface area (Å²) < 4.78 is 4.77. The molecule has 8 heteroatoms. The summed E-state index contributed by atoms with van der Waals surface area (Å²) in [5, 5.41) is 0.660. The van der Waals surface area contributed by atoms with Crippen molar-refractivity contribution in [3.05, 3.63) is 28.2 Å². The predicted molar refractivity (Wildman–Crippen MR) is 93.7 cm³/mol. The third kappa shape index (κ3) is 3.52. The third-order valence-electron chi connectivity index (χ3n) is 4.79. The highest BCUT2D eigenvalue weighted by Gasteiger charge is 2.44. The quantitative estimate of drug-likeness (QED) is 0.591. The number of halogens is 2. The molecule has 25 heavy (non-hydrogen) atoms. The first-order valence-corrected chi connectivity index (χ1v) is 8.81. The van der Waals surface area contributed by atoms with E-state index in [9.17, 15) is 14.4 Å². The van der Waals surface area contributed by atoms with Crippen molar-refractivity contribution >= 4 is 46.7 Å². The van der Waals surface area contributed by atoms with Gasteiger partial charge in [0.1, 0.15) is 0 Å². The average Bonchev–Trinajstić information content (AvgIpc) is 2.91. The highest BCUT2D eigenvalue weighted by atomic mass is 35.5. The zero-order valence-electron chi connectivity index (χ0n) is 13.7. The molecule has 134 valence electrons. The molecule has 2 fully saturated rings. The van der Waals surface area contributed by atoms with Crippen LogP contribution in [0.25, 0.3) is 0 Å². The normalized spacial score (nSPS) is 22.5. The molecule has 1 unspecified atom stereocenters. The fourth-order valence-corrected chi connectivity index (χ4v) is 3.70. The van der Waals surface area contributed by atoms with Gasteiger partial charge < -0.3 is 4.74 Å². The summed E-state index contributed by atoms with van der Waals surface area (Å²) >= 11 is 11.9. The second kappa shape index (κ2) is 7.32. The molecule has 0 radical (unpaired) electrons. The number of hydrogen-bond donors (Lipinski definition) is 0. The number of hydrogen-bond acceptors (Lipinski definition) is 5. The van der Waals surface area contributed by atoms with Crippen molar-refractivity contribution in [3.8, 4) is 0 Å². The lowest BCUT2D eigenvalue weighted by atomic mass is 9.95. The largest absolute Gasteiger partial charge is 0.469 e. The maximum absolute atomic E-state index is 12.8. The second-order valence-corrected chi connectivity index (χ2v) is 7.03. The summed E-state index contributed by atoms with van der Waals surface area (Å²) in [7, 11) is 1.38. The fourth-order valence-electron chi connectivity index (χ4n) is 3.41. The van der Waals surface area contributed by atoms with E-state index in [0.29, 0.717) is 41.7 Å². The van der Waals surface area contributed by atoms with Gasteiger partial charge in [0.15, 0.2) is 0 Å². The molecule has 0 spiro atoms. The van der Waals surface area contributed by atoms with Gasteiger partial charge in [-0.05, 0) is 44.1 Å². The number of rotatable bonds is 3. The maximum Gasteiger partial charge on any atom is 0.308 e. The van der Waals surface area contributed by atoms with Crippen LogP contribution < -0.4 is 4.90 Å². The second-order valence-electron chi connectivity index (χ2n) is 6.22. The number of likely N-dealkylation sites (tertiary alicyclic amines) is 1. The predicted octanol–water partition coefficient (Wildman–Crippen LogP) is 2.51. The van der Waals surface area contributed by atoms with E-state index in [-0.39, 0.29) is 30.1 Å². The van der Waals surface area contributed by atoms with Crippen LogP contribution in [0.15, 0.2) is 18.2 Å². The molecule has 0 N–H and O–H groups in total. The molecule has 6 nitrogen and oxygen atoms in total. The lowest BCUT2D eigenvalue weighted by Gasteiger charge is -2.33. The minimum Gasteiger partial charge on any atom is -0.469 e. The Bertz CT molecular complexity index is 717. The van der Waals surface area contributed by atoms with Crippen molar-refractivity contribution in [1.82, 2.24) is 4.90 Å². The van der Waals surface area contributed by atoms with Crippen LogP contribution in [-0.4, -0.2) is 48.9 Å². The van der Waals surface area contributed by atoms with E-state index >= 15 is 0 Å². The van der Waals surface area contributed by atoms with E-state index in [0.717, 1.165) is 0 Å². The van der Waals surface area contributed by atoms with Crippen LogP contribution in [0.5, 0.6) is 0 Å². The zero-order chi connectivity index (χ0) is 18.1. The molecule has 2 heterocycles. The van der Waals surface area contributed by atoms with Crippen LogP contribution >= 0.6 is 23.2 Å². The van der Waals surface area contributed by atoms with Crippen molar-refractivity contribution in [2.75, 3.05) is 25.1 Å². The van der Waals surface area contributed by atoms with Crippen LogP contribution in [-0.2, 0) is 19.1 Å². The third-order valence-corrected chi connectivity index (χ3v) is 5.53. The molecule has 2 saturated heterocycles. The number of carbonyl (C=O) groups is 3. The van der Waals surface area contributed by atoms with Crippen LogP contribution in [0.2, 0.25) is 10.0 Å². The van der Waals surface area contributed by atoms with E-state index in [2.05, 4.69) is 0 Å². The van der Waals surface area contributed by atoms with Gasteiger partial charge in [0.25, 0.3) is 5.91 Å². The summed E-state index contributed by atoms with van der Waals surface area (Å²) in [4.78, 5) is 39.9. The smallest absolute Gasteiger partial charge is 0.308 e. The van der Waals surface area contributed by atoms with Gasteiger partial charge in [-0.1, -0.05) is 23.2 Å². The Morgan fingerprint density at radius 2 is 1.84 bits per heavy atom. The first kappa shape index (κ1) is 18.2. The van der Waals surface area contributed by atoms with Crippen molar-refractivity contribution < 1.29 is 19.1 Å². The van der Waals surface area contributed by atoms with Gasteiger partial charge in [0, 0.05) is 0 Å². The molecule has 1 aromatic carbocycles. The first-order valence-electron chi connectivity index (χ1n) is 8.06. The molecule has 2 amide bonds. The van der Waals surface area contributed by atoms with E-state index < -0.39 is 6.04 Å². The first-order chi connectivity index (χ1) is 11.9. The lowest BCUT2D eigenvalue weighted by molar-refractivity contribution is -0.147. The lowest BCUT2D eigenvalue weighted by Crippen LogP contribution is -2.46. The number of anilines is 1. The summed E-state index contributed by atoms with van der Waals surface area (Å²) in [5.74, 6) is -0.881. The van der Waals surface area contributed by atoms with E-state index in [1.165, 1.54) is 18.1 Å². The summed E-state index contributed by atoms with van der Waals surface area (Å²) in [5.41, 5.74) is 0.427. The number of ether oxygens (including phenoxy) is 1. The van der Waals surface area contributed by atoms with Crippen LogP contribution in [0.4, 0.5) is 5.69 Å². The standard InChI is InChI=1S/C17H18Cl2N2O4/c1-25-17(24)10-4-6-20(7-5-10)14-9-15(22)21(16(14)23)11-2-3-12(18)13(19)8-11/h2-3,8,10,14H,4-7,9H2,1H3. The summed E-state index contributed by atoms with van der Waals surface area (Å²) in [6.07, 6.45) is 1.37. The van der Waals surface area contributed by atoms with Gasteiger partial charge in [-0.25, -0.2) is 4.90 Å². The van der Waals surface area contributed by atoms with Gasteiger partial charge in [-0.3, -0.25) is 19.3 Å². The van der Waals surface area contributed by atoms with Crippen molar-refractivity contribution in [3.63, 3.8) is 0 Å². The Hall–Kier alpha value is -1.63. The molecule has 1 aromatic rings. The Morgan fingerprint density at radius 3 is 2.44 bits per heavy atom. The Balaban J connectivity index is 1.71. The maximum atomic E-state index is 12.8. The minimum absolute atomic E-state index is 0.127. The van der Waals surface area contributed by atoms with Gasteiger partial charge in [0.2, 0.25) is 5.91 Å². The molecular weight excluding hydrogens is 367 g/mol. The summed E-state index contributed by atoms with van der Waals surface area (Å²) in [6.45, 7) is 1.16. The SMILES string of the molecule is COC(=O)C1CCN(C2CC(=O)N(c3ccc(Cl)c(Cl)c3)C2=O)CC1. The highest BCUT2D eigenvalue weighted by Crippen LogP contribution is 2.32. The van der Waals surface area contributed by atoms with Gasteiger partial charge in [-0.15, -0.1) is 0 Å². The Labute approximate surface area is 155 Å². The molecule has 0 aromatic heterocycles. The fraction of sp³-hybridized carbons (Fsp3) is 0.471. The molecule has 0 bridgehead atoms. The van der Waals surface area contributed by atoms with E-state index in [1.807, 2.05) is 4.90 Å². The van der Waals surface area contributed by atoms with Gasteiger partial charge >= 0.3 is 5.97 Å². The number of esters is 1. The number of piperidine rings is 1. The van der Waals surface area contributed by atoms with Crippen molar-refractivity contribution in [2.45, 2.75) is 25.3 Å². The molecule has 2 aliphatic rings.